The molecule has 0 aliphatic rings. The lowest BCUT2D eigenvalue weighted by Crippen LogP contribution is -2.18. The minimum absolute atomic E-state index is 0.297. The molecule has 110 valence electrons. The normalized spacial score (nSPS) is 11.4. The SMILES string of the molecule is O=C(CS(=O)(=O)c1ccc(F)cc1)c1c(F)cccc1F. The predicted octanol–water partition coefficient (Wildman–Crippen LogP) is 2.76. The fourth-order valence-electron chi connectivity index (χ4n) is 1.73. The van der Waals surface area contributed by atoms with Crippen molar-refractivity contribution in [2.24, 2.45) is 0 Å². The Morgan fingerprint density at radius 1 is 0.905 bits per heavy atom. The van der Waals surface area contributed by atoms with E-state index in [9.17, 15) is 26.4 Å². The third-order valence-corrected chi connectivity index (χ3v) is 4.37. The minimum Gasteiger partial charge on any atom is -0.293 e. The van der Waals surface area contributed by atoms with Crippen LogP contribution in [-0.2, 0) is 9.84 Å². The van der Waals surface area contributed by atoms with Gasteiger partial charge in [-0.05, 0) is 36.4 Å². The summed E-state index contributed by atoms with van der Waals surface area (Å²) in [5.74, 6) is -5.20. The molecule has 21 heavy (non-hydrogen) atoms. The number of carbonyl (C=O) groups excluding carboxylic acids is 1. The van der Waals surface area contributed by atoms with Crippen LogP contribution in [0, 0.1) is 17.5 Å². The summed E-state index contributed by atoms with van der Waals surface area (Å²) in [7, 11) is -4.11. The Kier molecular flexibility index (Phi) is 4.13. The Morgan fingerprint density at radius 3 is 1.95 bits per heavy atom. The van der Waals surface area contributed by atoms with Gasteiger partial charge in [0, 0.05) is 0 Å². The number of ketones is 1. The maximum atomic E-state index is 13.4. The van der Waals surface area contributed by atoms with Crippen molar-refractivity contribution >= 4 is 15.6 Å². The highest BCUT2D eigenvalue weighted by atomic mass is 32.2. The van der Waals surface area contributed by atoms with Gasteiger partial charge in [-0.3, -0.25) is 4.79 Å². The molecular formula is C14H9F3O3S. The van der Waals surface area contributed by atoms with Crippen molar-refractivity contribution in [3.8, 4) is 0 Å². The van der Waals surface area contributed by atoms with Gasteiger partial charge in [0.15, 0.2) is 15.6 Å². The smallest absolute Gasteiger partial charge is 0.185 e. The lowest BCUT2D eigenvalue weighted by atomic mass is 10.1. The van der Waals surface area contributed by atoms with E-state index in [1.54, 1.807) is 0 Å². The van der Waals surface area contributed by atoms with Crippen molar-refractivity contribution in [1.29, 1.82) is 0 Å². The first-order chi connectivity index (χ1) is 9.81. The fraction of sp³-hybridized carbons (Fsp3) is 0.0714. The molecule has 0 heterocycles. The molecule has 0 N–H and O–H groups in total. The molecule has 0 saturated heterocycles. The van der Waals surface area contributed by atoms with Crippen LogP contribution in [-0.4, -0.2) is 20.0 Å². The largest absolute Gasteiger partial charge is 0.293 e. The number of hydrogen-bond donors (Lipinski definition) is 0. The number of sulfone groups is 1. The Hall–Kier alpha value is -2.15. The van der Waals surface area contributed by atoms with Crippen LogP contribution in [0.4, 0.5) is 13.2 Å². The third kappa shape index (κ3) is 3.30. The highest BCUT2D eigenvalue weighted by Gasteiger charge is 2.24. The van der Waals surface area contributed by atoms with E-state index in [0.29, 0.717) is 0 Å². The van der Waals surface area contributed by atoms with Crippen molar-refractivity contribution in [3.05, 3.63) is 65.5 Å². The molecule has 0 aliphatic heterocycles. The summed E-state index contributed by atoms with van der Waals surface area (Å²) >= 11 is 0. The molecule has 0 spiro atoms. The molecule has 0 bridgehead atoms. The van der Waals surface area contributed by atoms with Gasteiger partial charge in [-0.15, -0.1) is 0 Å². The quantitative estimate of drug-likeness (QED) is 0.644. The second-order valence-electron chi connectivity index (χ2n) is 4.23. The van der Waals surface area contributed by atoms with Crippen LogP contribution in [0.5, 0.6) is 0 Å². The second-order valence-corrected chi connectivity index (χ2v) is 6.22. The molecule has 0 fully saturated rings. The Bertz CT molecular complexity index is 763. The highest BCUT2D eigenvalue weighted by molar-refractivity contribution is 7.92. The van der Waals surface area contributed by atoms with E-state index < -0.39 is 44.4 Å². The van der Waals surface area contributed by atoms with Crippen LogP contribution in [0.2, 0.25) is 0 Å². The number of rotatable bonds is 4. The van der Waals surface area contributed by atoms with Gasteiger partial charge in [-0.2, -0.15) is 0 Å². The predicted molar refractivity (Wildman–Crippen MR) is 69.1 cm³/mol. The van der Waals surface area contributed by atoms with Crippen molar-refractivity contribution in [2.75, 3.05) is 5.75 Å². The first-order valence-electron chi connectivity index (χ1n) is 5.77. The number of halogens is 3. The summed E-state index contributed by atoms with van der Waals surface area (Å²) in [4.78, 5) is 11.5. The van der Waals surface area contributed by atoms with E-state index in [4.69, 9.17) is 0 Å². The van der Waals surface area contributed by atoms with Crippen molar-refractivity contribution in [3.63, 3.8) is 0 Å². The average Bonchev–Trinajstić information content (AvgIpc) is 2.38. The number of carbonyl (C=O) groups is 1. The van der Waals surface area contributed by atoms with Gasteiger partial charge in [0.2, 0.25) is 0 Å². The van der Waals surface area contributed by atoms with Gasteiger partial charge in [0.25, 0.3) is 0 Å². The zero-order valence-electron chi connectivity index (χ0n) is 10.5. The maximum Gasteiger partial charge on any atom is 0.185 e. The average molecular weight is 314 g/mol. The van der Waals surface area contributed by atoms with Crippen LogP contribution in [0.15, 0.2) is 47.4 Å². The van der Waals surface area contributed by atoms with Gasteiger partial charge < -0.3 is 0 Å². The molecule has 3 nitrogen and oxygen atoms in total. The van der Waals surface area contributed by atoms with Gasteiger partial charge in [-0.1, -0.05) is 6.07 Å². The third-order valence-electron chi connectivity index (χ3n) is 2.74. The summed E-state index contributed by atoms with van der Waals surface area (Å²) in [6.07, 6.45) is 0. The molecule has 0 aliphatic carbocycles. The fourth-order valence-corrected chi connectivity index (χ4v) is 2.94. The summed E-state index contributed by atoms with van der Waals surface area (Å²) in [5, 5.41) is 0. The molecule has 0 aromatic heterocycles. The molecule has 0 radical (unpaired) electrons. The van der Waals surface area contributed by atoms with E-state index in [1.807, 2.05) is 0 Å². The standard InChI is InChI=1S/C14H9F3O3S/c15-9-4-6-10(7-5-9)21(19,20)8-13(18)14-11(16)2-1-3-12(14)17/h1-7H,8H2. The van der Waals surface area contributed by atoms with Crippen LogP contribution < -0.4 is 0 Å². The minimum atomic E-state index is -4.11. The molecule has 2 rings (SSSR count). The summed E-state index contributed by atoms with van der Waals surface area (Å²) in [5.41, 5.74) is -0.900. The van der Waals surface area contributed by atoms with Gasteiger partial charge in [-0.25, -0.2) is 21.6 Å². The Balaban J connectivity index is 2.33. The lowest BCUT2D eigenvalue weighted by molar-refractivity contribution is 0.101. The first kappa shape index (κ1) is 15.2. The van der Waals surface area contributed by atoms with E-state index >= 15 is 0 Å². The highest BCUT2D eigenvalue weighted by Crippen LogP contribution is 2.17. The van der Waals surface area contributed by atoms with Crippen LogP contribution >= 0.6 is 0 Å². The van der Waals surface area contributed by atoms with E-state index in [1.165, 1.54) is 0 Å². The van der Waals surface area contributed by atoms with Gasteiger partial charge >= 0.3 is 0 Å². The number of Topliss-reactive ketones (excluding diaryl/α,β-unsaturated/α-hetero) is 1. The topological polar surface area (TPSA) is 51.2 Å². The molecule has 7 heteroatoms. The van der Waals surface area contributed by atoms with E-state index in [2.05, 4.69) is 0 Å². The van der Waals surface area contributed by atoms with Gasteiger partial charge in [0.1, 0.15) is 23.2 Å². The van der Waals surface area contributed by atoms with E-state index in [0.717, 1.165) is 42.5 Å². The Morgan fingerprint density at radius 2 is 1.43 bits per heavy atom. The van der Waals surface area contributed by atoms with Crippen molar-refractivity contribution < 1.29 is 26.4 Å². The molecule has 2 aromatic carbocycles. The number of hydrogen-bond acceptors (Lipinski definition) is 3. The Labute approximate surface area is 119 Å². The van der Waals surface area contributed by atoms with Crippen molar-refractivity contribution in [1.82, 2.24) is 0 Å². The summed E-state index contributed by atoms with van der Waals surface area (Å²) in [6.45, 7) is 0. The molecular weight excluding hydrogens is 305 g/mol. The zero-order chi connectivity index (χ0) is 15.6. The second kappa shape index (κ2) is 5.69. The first-order valence-corrected chi connectivity index (χ1v) is 7.42. The van der Waals surface area contributed by atoms with E-state index in [-0.39, 0.29) is 4.90 Å². The maximum absolute atomic E-state index is 13.4. The van der Waals surface area contributed by atoms with Crippen LogP contribution in [0.1, 0.15) is 10.4 Å². The van der Waals surface area contributed by atoms with Crippen molar-refractivity contribution in [2.45, 2.75) is 4.90 Å². The summed E-state index contributed by atoms with van der Waals surface area (Å²) in [6, 6.07) is 6.59. The summed E-state index contributed by atoms with van der Waals surface area (Å²) < 4.78 is 63.5. The van der Waals surface area contributed by atoms with Crippen LogP contribution in [0.25, 0.3) is 0 Å². The monoisotopic (exact) mass is 314 g/mol. The molecule has 0 saturated carbocycles. The van der Waals surface area contributed by atoms with Crippen LogP contribution in [0.3, 0.4) is 0 Å². The number of benzene rings is 2. The zero-order valence-corrected chi connectivity index (χ0v) is 11.3. The lowest BCUT2D eigenvalue weighted by Gasteiger charge is -2.06. The molecule has 0 unspecified atom stereocenters. The van der Waals surface area contributed by atoms with Gasteiger partial charge in [0.05, 0.1) is 10.5 Å². The molecule has 2 aromatic rings. The molecule has 0 amide bonds. The molecule has 0 atom stereocenters.